The van der Waals surface area contributed by atoms with Gasteiger partial charge >= 0.3 is 0 Å². The van der Waals surface area contributed by atoms with Crippen LogP contribution in [0.3, 0.4) is 0 Å². The van der Waals surface area contributed by atoms with Crippen LogP contribution >= 0.6 is 23.2 Å². The lowest BCUT2D eigenvalue weighted by molar-refractivity contribution is 0.0704. The van der Waals surface area contributed by atoms with Crippen LogP contribution in [0.4, 0.5) is 0 Å². The Morgan fingerprint density at radius 1 is 1.06 bits per heavy atom. The summed E-state index contributed by atoms with van der Waals surface area (Å²) in [6, 6.07) is 14.5. The van der Waals surface area contributed by atoms with E-state index in [-0.39, 0.29) is 33.6 Å². The number of para-hydroxylation sites is 1. The third-order valence-corrected chi connectivity index (χ3v) is 6.72. The predicted octanol–water partition coefficient (Wildman–Crippen LogP) is 5.44. The van der Waals surface area contributed by atoms with Gasteiger partial charge < -0.3 is 15.0 Å². The number of ether oxygens (including phenoxy) is 1. The van der Waals surface area contributed by atoms with Crippen molar-refractivity contribution in [1.82, 2.24) is 20.2 Å². The largest absolute Gasteiger partial charge is 0.494 e. The monoisotopic (exact) mass is 526 g/mol. The fraction of sp³-hybridized carbons (Fsp3) is 0.333. The summed E-state index contributed by atoms with van der Waals surface area (Å²) in [5.41, 5.74) is 3.23. The van der Waals surface area contributed by atoms with Crippen molar-refractivity contribution in [2.45, 2.75) is 39.2 Å². The predicted molar refractivity (Wildman–Crippen MR) is 140 cm³/mol. The van der Waals surface area contributed by atoms with Crippen LogP contribution in [0.15, 0.2) is 48.5 Å². The molecule has 3 heterocycles. The van der Waals surface area contributed by atoms with Crippen LogP contribution in [-0.2, 0) is 6.54 Å². The molecule has 3 aromatic rings. The summed E-state index contributed by atoms with van der Waals surface area (Å²) < 4.78 is 5.67. The van der Waals surface area contributed by atoms with Crippen molar-refractivity contribution in [3.05, 3.63) is 86.9 Å². The van der Waals surface area contributed by atoms with E-state index in [0.717, 1.165) is 22.7 Å². The van der Waals surface area contributed by atoms with Gasteiger partial charge in [0, 0.05) is 36.8 Å². The second-order valence-corrected chi connectivity index (χ2v) is 9.43. The highest BCUT2D eigenvalue weighted by Gasteiger charge is 2.29. The molecule has 0 aliphatic carbocycles. The highest BCUT2D eigenvalue weighted by molar-refractivity contribution is 6.34. The third-order valence-electron chi connectivity index (χ3n) is 6.20. The number of aryl methyl sites for hydroxylation is 1. The highest BCUT2D eigenvalue weighted by atomic mass is 35.5. The number of amides is 2. The normalized spacial score (nSPS) is 13.9. The molecule has 2 aromatic heterocycles. The van der Waals surface area contributed by atoms with Crippen LogP contribution in [0.1, 0.15) is 63.5 Å². The molecule has 4 rings (SSSR count). The Bertz CT molecular complexity index is 1260. The Hall–Kier alpha value is -3.16. The second-order valence-electron chi connectivity index (χ2n) is 8.64. The van der Waals surface area contributed by atoms with Gasteiger partial charge in [0.05, 0.1) is 22.9 Å². The van der Waals surface area contributed by atoms with Gasteiger partial charge in [-0.25, -0.2) is 4.98 Å². The molecule has 2 amide bonds. The molecule has 1 aromatic carbocycles. The molecule has 0 spiro atoms. The maximum Gasteiger partial charge on any atom is 0.274 e. The van der Waals surface area contributed by atoms with Crippen molar-refractivity contribution < 1.29 is 14.3 Å². The van der Waals surface area contributed by atoms with Crippen molar-refractivity contribution in [3.63, 3.8) is 0 Å². The molecule has 1 aliphatic heterocycles. The number of aromatic nitrogens is 2. The molecule has 0 bridgehead atoms. The number of carbonyl (C=O) groups is 2. The zero-order valence-electron chi connectivity index (χ0n) is 20.3. The number of likely N-dealkylation sites (tertiary alicyclic amines) is 1. The lowest BCUT2D eigenvalue weighted by atomic mass is 9.89. The third kappa shape index (κ3) is 5.97. The van der Waals surface area contributed by atoms with Crippen molar-refractivity contribution in [3.8, 4) is 5.75 Å². The minimum atomic E-state index is -0.246. The van der Waals surface area contributed by atoms with E-state index in [0.29, 0.717) is 44.6 Å². The standard InChI is InChI=1S/C27H28Cl2N4O3/c1-3-36-22-7-5-4-6-19(22)16-30-26(34)20-9-8-17(2)31-24(20)18-12-14-33(15-13-18)27(35)25-21(28)10-11-23(29)32-25/h4-11,18H,3,12-16H2,1-2H3,(H,30,34). The van der Waals surface area contributed by atoms with Gasteiger partial charge in [0.15, 0.2) is 0 Å². The molecule has 188 valence electrons. The smallest absolute Gasteiger partial charge is 0.274 e. The average molecular weight is 527 g/mol. The number of piperidine rings is 1. The molecule has 36 heavy (non-hydrogen) atoms. The highest BCUT2D eigenvalue weighted by Crippen LogP contribution is 2.31. The van der Waals surface area contributed by atoms with E-state index >= 15 is 0 Å². The van der Waals surface area contributed by atoms with E-state index in [1.54, 1.807) is 17.0 Å². The maximum absolute atomic E-state index is 13.2. The minimum Gasteiger partial charge on any atom is -0.494 e. The summed E-state index contributed by atoms with van der Waals surface area (Å²) in [4.78, 5) is 36.7. The van der Waals surface area contributed by atoms with Crippen LogP contribution in [0, 0.1) is 6.92 Å². The van der Waals surface area contributed by atoms with E-state index in [2.05, 4.69) is 10.3 Å². The van der Waals surface area contributed by atoms with Crippen LogP contribution in [0.5, 0.6) is 5.75 Å². The van der Waals surface area contributed by atoms with Crippen molar-refractivity contribution in [2.75, 3.05) is 19.7 Å². The minimum absolute atomic E-state index is 0.0493. The molecule has 0 unspecified atom stereocenters. The molecular weight excluding hydrogens is 499 g/mol. The van der Waals surface area contributed by atoms with Crippen molar-refractivity contribution in [2.24, 2.45) is 0 Å². The Kier molecular flexibility index (Phi) is 8.44. The second kappa shape index (κ2) is 11.7. The summed E-state index contributed by atoms with van der Waals surface area (Å²) in [5.74, 6) is 0.378. The number of hydrogen-bond donors (Lipinski definition) is 1. The van der Waals surface area contributed by atoms with E-state index in [9.17, 15) is 9.59 Å². The van der Waals surface area contributed by atoms with E-state index < -0.39 is 0 Å². The number of hydrogen-bond acceptors (Lipinski definition) is 5. The number of rotatable bonds is 7. The zero-order chi connectivity index (χ0) is 25.7. The number of benzene rings is 1. The lowest BCUT2D eigenvalue weighted by Crippen LogP contribution is -2.39. The summed E-state index contributed by atoms with van der Waals surface area (Å²) >= 11 is 12.1. The molecule has 1 saturated heterocycles. The summed E-state index contributed by atoms with van der Waals surface area (Å²) in [7, 11) is 0. The van der Waals surface area contributed by atoms with E-state index in [1.165, 1.54) is 0 Å². The van der Waals surface area contributed by atoms with E-state index in [1.807, 2.05) is 50.2 Å². The summed E-state index contributed by atoms with van der Waals surface area (Å²) in [6.45, 7) is 5.76. The molecule has 1 N–H and O–H groups in total. The van der Waals surface area contributed by atoms with Crippen molar-refractivity contribution in [1.29, 1.82) is 0 Å². The number of pyridine rings is 2. The van der Waals surface area contributed by atoms with Gasteiger partial charge in [-0.1, -0.05) is 41.4 Å². The quantitative estimate of drug-likeness (QED) is 0.414. The number of nitrogens with one attached hydrogen (secondary N) is 1. The van der Waals surface area contributed by atoms with Gasteiger partial charge in [-0.15, -0.1) is 0 Å². The first-order valence-corrected chi connectivity index (χ1v) is 12.7. The Morgan fingerprint density at radius 2 is 1.81 bits per heavy atom. The molecule has 0 radical (unpaired) electrons. The molecular formula is C27H28Cl2N4O3. The zero-order valence-corrected chi connectivity index (χ0v) is 21.8. The van der Waals surface area contributed by atoms with Gasteiger partial charge in [0.1, 0.15) is 16.6 Å². The Morgan fingerprint density at radius 3 is 2.56 bits per heavy atom. The SMILES string of the molecule is CCOc1ccccc1CNC(=O)c1ccc(C)nc1C1CCN(C(=O)c2nc(Cl)ccc2Cl)CC1. The number of halogens is 2. The summed E-state index contributed by atoms with van der Waals surface area (Å²) in [6.07, 6.45) is 1.35. The van der Waals surface area contributed by atoms with Crippen LogP contribution in [0.2, 0.25) is 10.2 Å². The van der Waals surface area contributed by atoms with Crippen LogP contribution < -0.4 is 10.1 Å². The number of carbonyl (C=O) groups excluding carboxylic acids is 2. The summed E-state index contributed by atoms with van der Waals surface area (Å²) in [5, 5.41) is 3.51. The van der Waals surface area contributed by atoms with Gasteiger partial charge in [-0.05, 0) is 57.0 Å². The lowest BCUT2D eigenvalue weighted by Gasteiger charge is -2.32. The molecule has 9 heteroatoms. The fourth-order valence-electron chi connectivity index (χ4n) is 4.37. The first kappa shape index (κ1) is 25.9. The average Bonchev–Trinajstić information content (AvgIpc) is 2.89. The molecule has 1 aliphatic rings. The van der Waals surface area contributed by atoms with Crippen LogP contribution in [-0.4, -0.2) is 46.4 Å². The Balaban J connectivity index is 1.45. The van der Waals surface area contributed by atoms with E-state index in [4.69, 9.17) is 32.9 Å². The molecule has 0 saturated carbocycles. The molecule has 7 nitrogen and oxygen atoms in total. The molecule has 0 atom stereocenters. The topological polar surface area (TPSA) is 84.4 Å². The maximum atomic E-state index is 13.2. The first-order chi connectivity index (χ1) is 17.4. The van der Waals surface area contributed by atoms with Crippen molar-refractivity contribution >= 4 is 35.0 Å². The van der Waals surface area contributed by atoms with Gasteiger partial charge in [-0.2, -0.15) is 0 Å². The van der Waals surface area contributed by atoms with Crippen LogP contribution in [0.25, 0.3) is 0 Å². The fourth-order valence-corrected chi connectivity index (χ4v) is 4.70. The van der Waals surface area contributed by atoms with Gasteiger partial charge in [0.25, 0.3) is 11.8 Å². The van der Waals surface area contributed by atoms with Gasteiger partial charge in [-0.3, -0.25) is 14.6 Å². The molecule has 1 fully saturated rings. The van der Waals surface area contributed by atoms with Gasteiger partial charge in [0.2, 0.25) is 0 Å². The first-order valence-electron chi connectivity index (χ1n) is 11.9. The number of nitrogens with zero attached hydrogens (tertiary/aromatic N) is 3. The Labute approximate surface area is 220 Å².